The van der Waals surface area contributed by atoms with E-state index in [0.29, 0.717) is 0 Å². The fourth-order valence-electron chi connectivity index (χ4n) is 2.48. The van der Waals surface area contributed by atoms with E-state index >= 15 is 0 Å². The molecule has 0 aliphatic heterocycles. The van der Waals surface area contributed by atoms with Crippen LogP contribution in [0.1, 0.15) is 39.0 Å². The number of aliphatic carboxylic acids is 4. The maximum atomic E-state index is 12.6. The summed E-state index contributed by atoms with van der Waals surface area (Å²) >= 11 is 0. The number of carboxylic acids is 4. The Bertz CT molecular complexity index is 800. The normalized spacial score (nSPS) is 15.0. The molecule has 0 aliphatic carbocycles. The van der Waals surface area contributed by atoms with Crippen LogP contribution in [0.5, 0.6) is 0 Å². The zero-order valence-corrected chi connectivity index (χ0v) is 18.1. The van der Waals surface area contributed by atoms with Gasteiger partial charge in [-0.1, -0.05) is 0 Å². The first kappa shape index (κ1) is 30.2. The van der Waals surface area contributed by atoms with Gasteiger partial charge in [-0.15, -0.1) is 0 Å². The Morgan fingerprint density at radius 3 is 1.50 bits per heavy atom. The van der Waals surface area contributed by atoms with Crippen molar-refractivity contribution in [3.05, 3.63) is 0 Å². The molecule has 0 aromatic rings. The highest BCUT2D eigenvalue weighted by Gasteiger charge is 2.32. The number of nitrogens with one attached hydrogen (secondary N) is 3. The Hall–Kier alpha value is -3.79. The summed E-state index contributed by atoms with van der Waals surface area (Å²) < 4.78 is 0. The van der Waals surface area contributed by atoms with E-state index in [1.165, 1.54) is 6.92 Å². The average Bonchev–Trinajstić information content (AvgIpc) is 2.71. The van der Waals surface area contributed by atoms with Crippen LogP contribution >= 0.6 is 0 Å². The molecule has 0 radical (unpaired) electrons. The van der Waals surface area contributed by atoms with Crippen LogP contribution in [0.4, 0.5) is 0 Å². The highest BCUT2D eigenvalue weighted by atomic mass is 16.4. The molecule has 0 aromatic heterocycles. The molecule has 0 fully saturated rings. The van der Waals surface area contributed by atoms with Gasteiger partial charge in [0.05, 0.1) is 12.5 Å². The molecule has 16 heteroatoms. The summed E-state index contributed by atoms with van der Waals surface area (Å²) in [6, 6.07) is -6.64. The van der Waals surface area contributed by atoms with Gasteiger partial charge in [-0.25, -0.2) is 4.79 Å². The lowest BCUT2D eigenvalue weighted by Crippen LogP contribution is -2.58. The van der Waals surface area contributed by atoms with E-state index in [2.05, 4.69) is 5.32 Å². The third-order valence-electron chi connectivity index (χ3n) is 4.38. The Morgan fingerprint density at radius 2 is 1.09 bits per heavy atom. The molecule has 0 saturated carbocycles. The highest BCUT2D eigenvalue weighted by molar-refractivity contribution is 5.95. The second-order valence-corrected chi connectivity index (χ2v) is 7.25. The van der Waals surface area contributed by atoms with Crippen molar-refractivity contribution in [3.8, 4) is 0 Å². The molecule has 5 atom stereocenters. The number of aliphatic hydroxyl groups excluding tert-OH is 1. The molecule has 0 bridgehead atoms. The molecule has 0 heterocycles. The topological polar surface area (TPSA) is 283 Å². The molecular formula is C18H28N4O12. The monoisotopic (exact) mass is 492 g/mol. The smallest absolute Gasteiger partial charge is 0.326 e. The van der Waals surface area contributed by atoms with Gasteiger partial charge >= 0.3 is 23.9 Å². The van der Waals surface area contributed by atoms with Gasteiger partial charge in [0.15, 0.2) is 0 Å². The van der Waals surface area contributed by atoms with Crippen molar-refractivity contribution in [3.63, 3.8) is 0 Å². The maximum absolute atomic E-state index is 12.6. The van der Waals surface area contributed by atoms with Gasteiger partial charge in [-0.05, 0) is 19.8 Å². The van der Waals surface area contributed by atoms with Crippen molar-refractivity contribution >= 4 is 41.6 Å². The van der Waals surface area contributed by atoms with E-state index in [9.17, 15) is 38.7 Å². The first-order chi connectivity index (χ1) is 15.6. The van der Waals surface area contributed by atoms with Crippen molar-refractivity contribution in [1.82, 2.24) is 16.0 Å². The summed E-state index contributed by atoms with van der Waals surface area (Å²) in [5.74, 6) is -9.32. The second-order valence-electron chi connectivity index (χ2n) is 7.25. The third-order valence-corrected chi connectivity index (χ3v) is 4.38. The van der Waals surface area contributed by atoms with E-state index < -0.39 is 104 Å². The number of carbonyl (C=O) groups excluding carboxylic acids is 3. The molecule has 16 nitrogen and oxygen atoms in total. The lowest BCUT2D eigenvalue weighted by molar-refractivity contribution is -0.144. The van der Waals surface area contributed by atoms with Gasteiger partial charge in [0.1, 0.15) is 24.2 Å². The molecule has 0 aromatic carbocycles. The van der Waals surface area contributed by atoms with Crippen LogP contribution in [-0.2, 0) is 33.6 Å². The fraction of sp³-hybridized carbons (Fsp3) is 0.611. The van der Waals surface area contributed by atoms with Crippen molar-refractivity contribution in [1.29, 1.82) is 0 Å². The Labute approximate surface area is 192 Å². The summed E-state index contributed by atoms with van der Waals surface area (Å²) in [6.07, 6.45) is -4.60. The zero-order chi connectivity index (χ0) is 26.6. The number of carbonyl (C=O) groups is 7. The van der Waals surface area contributed by atoms with E-state index in [0.717, 1.165) is 0 Å². The van der Waals surface area contributed by atoms with Crippen LogP contribution in [0.15, 0.2) is 0 Å². The predicted octanol–water partition coefficient (Wildman–Crippen LogP) is -3.56. The minimum Gasteiger partial charge on any atom is -0.481 e. The molecule has 0 saturated heterocycles. The first-order valence-electron chi connectivity index (χ1n) is 9.88. The van der Waals surface area contributed by atoms with Crippen LogP contribution in [0.2, 0.25) is 0 Å². The van der Waals surface area contributed by atoms with Crippen LogP contribution in [-0.4, -0.2) is 97.4 Å². The SMILES string of the molecule is C[C@@H](O)[C@H](N)C(=O)N[C@@H](CCC(=O)O)C(=O)N[C@@H](CC(=O)O)C(=O)N[C@@H](CCC(=O)O)C(=O)O. The quantitative estimate of drug-likeness (QED) is 0.101. The van der Waals surface area contributed by atoms with Crippen LogP contribution in [0.25, 0.3) is 0 Å². The average molecular weight is 492 g/mol. The zero-order valence-electron chi connectivity index (χ0n) is 18.1. The Kier molecular flexibility index (Phi) is 12.8. The molecule has 0 spiro atoms. The van der Waals surface area contributed by atoms with Gasteiger partial charge in [0, 0.05) is 12.8 Å². The maximum Gasteiger partial charge on any atom is 0.326 e. The summed E-state index contributed by atoms with van der Waals surface area (Å²) in [6.45, 7) is 1.19. The third kappa shape index (κ3) is 11.7. The minimum atomic E-state index is -1.86. The van der Waals surface area contributed by atoms with E-state index in [1.807, 2.05) is 10.6 Å². The van der Waals surface area contributed by atoms with Crippen molar-refractivity contribution in [2.45, 2.75) is 69.3 Å². The van der Waals surface area contributed by atoms with E-state index in [-0.39, 0.29) is 0 Å². The fourth-order valence-corrected chi connectivity index (χ4v) is 2.48. The van der Waals surface area contributed by atoms with Gasteiger partial charge in [0.25, 0.3) is 0 Å². The summed E-state index contributed by atoms with van der Waals surface area (Å²) in [7, 11) is 0. The van der Waals surface area contributed by atoms with Gasteiger partial charge in [-0.2, -0.15) is 0 Å². The molecule has 0 aliphatic rings. The van der Waals surface area contributed by atoms with Gasteiger partial charge in [0.2, 0.25) is 17.7 Å². The molecular weight excluding hydrogens is 464 g/mol. The van der Waals surface area contributed by atoms with Crippen LogP contribution < -0.4 is 21.7 Å². The van der Waals surface area contributed by atoms with Crippen LogP contribution in [0.3, 0.4) is 0 Å². The Morgan fingerprint density at radius 1 is 0.676 bits per heavy atom. The number of carboxylic acid groups (broad SMARTS) is 4. The molecule has 0 unspecified atom stereocenters. The summed E-state index contributed by atoms with van der Waals surface area (Å²) in [5, 5.41) is 51.2. The predicted molar refractivity (Wildman–Crippen MR) is 109 cm³/mol. The number of hydrogen-bond donors (Lipinski definition) is 9. The molecule has 3 amide bonds. The van der Waals surface area contributed by atoms with E-state index in [4.69, 9.17) is 26.2 Å². The van der Waals surface area contributed by atoms with Gasteiger partial charge in [-0.3, -0.25) is 28.8 Å². The van der Waals surface area contributed by atoms with E-state index in [1.54, 1.807) is 0 Å². The Balaban J connectivity index is 5.59. The number of hydrogen-bond acceptors (Lipinski definition) is 9. The summed E-state index contributed by atoms with van der Waals surface area (Å²) in [4.78, 5) is 81.1. The standard InChI is InChI=1S/C18H28N4O12/c1-7(23)14(19)17(32)20-8(2-4-11(24)25)15(30)22-10(6-13(28)29)16(31)21-9(18(33)34)3-5-12(26)27/h7-10,14,23H,2-6,19H2,1H3,(H,20,32)(H,21,31)(H,22,30)(H,24,25)(H,26,27)(H,28,29)(H,33,34)/t7-,8+,9+,10+,14+/m1/s1. The van der Waals surface area contributed by atoms with Gasteiger partial charge < -0.3 is 47.2 Å². The molecule has 34 heavy (non-hydrogen) atoms. The lowest BCUT2D eigenvalue weighted by atomic mass is 10.1. The highest BCUT2D eigenvalue weighted by Crippen LogP contribution is 2.05. The largest absolute Gasteiger partial charge is 0.481 e. The van der Waals surface area contributed by atoms with Crippen molar-refractivity contribution < 1.29 is 59.1 Å². The molecule has 0 rings (SSSR count). The lowest BCUT2D eigenvalue weighted by Gasteiger charge is -2.24. The number of nitrogens with two attached hydrogens (primary N) is 1. The van der Waals surface area contributed by atoms with Crippen LogP contribution in [0, 0.1) is 0 Å². The molecule has 10 N–H and O–H groups in total. The number of rotatable bonds is 16. The summed E-state index contributed by atoms with van der Waals surface area (Å²) in [5.41, 5.74) is 5.46. The molecule has 192 valence electrons. The second kappa shape index (κ2) is 14.4. The number of aliphatic hydroxyl groups is 1. The van der Waals surface area contributed by atoms with Crippen molar-refractivity contribution in [2.75, 3.05) is 0 Å². The van der Waals surface area contributed by atoms with Crippen molar-refractivity contribution in [2.24, 2.45) is 5.73 Å². The first-order valence-corrected chi connectivity index (χ1v) is 9.88. The minimum absolute atomic E-state index is 0.489. The number of amides is 3.